The third kappa shape index (κ3) is 19.7. The molecule has 0 spiro atoms. The molecule has 19 atom stereocenters. The lowest BCUT2D eigenvalue weighted by atomic mass is 9.87. The molecule has 0 saturated carbocycles. The zero-order chi connectivity index (χ0) is 49.8. The largest absolute Gasteiger partial charge is 0.462 e. The minimum atomic E-state index is -2.23. The monoisotopic (exact) mass is 952 g/mol. The molecule has 2 bridgehead atoms. The molecule has 0 aromatic heterocycles. The van der Waals surface area contributed by atoms with E-state index in [2.05, 4.69) is 10.6 Å². The van der Waals surface area contributed by atoms with Crippen LogP contribution in [0.1, 0.15) is 79.1 Å². The standard InChI is InChI=1S/C48H77N3O16/c1-28-18-16-14-12-10-8-6-7-9-11-13-15-17-19-35(66-46-45(61)41(49)44(60)31(4)65-46)25-39-42(51-47(62)50-5)38(57)27-48(63,67-39)26-34(54)23-37(56)36(55)21-20-32(52)22-33(53)24-40(58)64-30(3)29(2)43(28)59/h6-19,28-39,41-46,52-57,59-61,63H,20-27,49H2,1-5H3,(H2,50,51,62)/b7-6+,10-8+,11-9+,14-12+,15-13+,18-16+,19-17+/t28-,29-,30-,31+,32+,33+,34-,35-,36+,37+,38-,39?,41-,42+,43+,44+,45-,46-,48+/m0/s1. The third-order valence-electron chi connectivity index (χ3n) is 12.3. The number of cyclic esters (lactones) is 1. The molecule has 0 radical (unpaired) electrons. The van der Waals surface area contributed by atoms with Crippen LogP contribution in [0.15, 0.2) is 85.1 Å². The Morgan fingerprint density at radius 1 is 0.687 bits per heavy atom. The van der Waals surface area contributed by atoms with Gasteiger partial charge >= 0.3 is 12.0 Å². The van der Waals surface area contributed by atoms with Crippen LogP contribution in [0.4, 0.5) is 4.79 Å². The average Bonchev–Trinajstić information content (AvgIpc) is 3.26. The number of amides is 2. The maximum absolute atomic E-state index is 12.6. The van der Waals surface area contributed by atoms with Crippen LogP contribution in [0.2, 0.25) is 0 Å². The van der Waals surface area contributed by atoms with Crippen LogP contribution in [-0.2, 0) is 23.7 Å². The van der Waals surface area contributed by atoms with Crippen LogP contribution < -0.4 is 16.4 Å². The second-order valence-corrected chi connectivity index (χ2v) is 18.0. The van der Waals surface area contributed by atoms with E-state index in [1.807, 2.05) is 43.4 Å². The number of carbonyl (C=O) groups is 2. The SMILES string of the molecule is CNC(=O)N[C@H]1C2C[C@@H](O[C@@H]3O[C@H](C)[C@@H](O)[C@H](N)[C@@H]3O)/C=C/C=C/C=C/C=C/C=C/C=C/C=C/[C@H](C)[C@@H](O)[C@@H](C)[C@H](C)OC(=O)C[C@H](O)C[C@H](O)CC[C@@H](O)[C@H](O)C[C@H](O)C[C@](O)(C[C@@H]1O)O2. The first-order chi connectivity index (χ1) is 31.6. The molecule has 3 heterocycles. The number of hydrogen-bond acceptors (Lipinski definition) is 17. The molecule has 14 N–H and O–H groups in total. The molecule has 67 heavy (non-hydrogen) atoms. The number of allylic oxidation sites excluding steroid dienone is 12. The van der Waals surface area contributed by atoms with Crippen molar-refractivity contribution in [1.29, 1.82) is 0 Å². The van der Waals surface area contributed by atoms with Gasteiger partial charge in [0.25, 0.3) is 0 Å². The van der Waals surface area contributed by atoms with Crippen molar-refractivity contribution in [3.8, 4) is 0 Å². The molecular weight excluding hydrogens is 875 g/mol. The smallest absolute Gasteiger partial charge is 0.314 e. The van der Waals surface area contributed by atoms with Crippen molar-refractivity contribution in [2.24, 2.45) is 17.6 Å². The number of ether oxygens (including phenoxy) is 4. The molecule has 19 nitrogen and oxygen atoms in total. The number of nitrogens with two attached hydrogens (primary N) is 1. The van der Waals surface area contributed by atoms with Gasteiger partial charge in [0.2, 0.25) is 0 Å². The van der Waals surface area contributed by atoms with E-state index in [-0.39, 0.29) is 31.6 Å². The molecule has 3 rings (SSSR count). The summed E-state index contributed by atoms with van der Waals surface area (Å²) in [6, 6.07) is -2.93. The summed E-state index contributed by atoms with van der Waals surface area (Å²) >= 11 is 0. The fraction of sp³-hybridized carbons (Fsp3) is 0.667. The topological polar surface area (TPSA) is 323 Å². The first kappa shape index (κ1) is 57.7. The van der Waals surface area contributed by atoms with E-state index in [0.717, 1.165) is 0 Å². The second-order valence-electron chi connectivity index (χ2n) is 18.0. The minimum absolute atomic E-state index is 0.0901. The summed E-state index contributed by atoms with van der Waals surface area (Å²) in [5, 5.41) is 114. The van der Waals surface area contributed by atoms with Gasteiger partial charge in [-0.05, 0) is 33.1 Å². The first-order valence-electron chi connectivity index (χ1n) is 23.1. The zero-order valence-corrected chi connectivity index (χ0v) is 39.1. The predicted octanol–water partition coefficient (Wildman–Crippen LogP) is 0.309. The fourth-order valence-corrected chi connectivity index (χ4v) is 8.06. The van der Waals surface area contributed by atoms with Gasteiger partial charge in [-0.2, -0.15) is 0 Å². The molecule has 380 valence electrons. The zero-order valence-electron chi connectivity index (χ0n) is 39.1. The quantitative estimate of drug-likeness (QED) is 0.169. The number of rotatable bonds is 3. The average molecular weight is 952 g/mol. The van der Waals surface area contributed by atoms with Gasteiger partial charge in [0, 0.05) is 44.6 Å². The summed E-state index contributed by atoms with van der Waals surface area (Å²) in [5.74, 6) is -3.68. The molecule has 0 aromatic carbocycles. The molecule has 19 heteroatoms. The van der Waals surface area contributed by atoms with Crippen LogP contribution in [0.25, 0.3) is 0 Å². The second kappa shape index (κ2) is 28.8. The summed E-state index contributed by atoms with van der Waals surface area (Å²) in [7, 11) is 1.37. The number of hydrogen-bond donors (Lipinski definition) is 13. The number of nitrogens with one attached hydrogen (secondary N) is 2. The van der Waals surface area contributed by atoms with Gasteiger partial charge in [0.15, 0.2) is 12.1 Å². The molecule has 1 unspecified atom stereocenters. The van der Waals surface area contributed by atoms with Crippen molar-refractivity contribution in [3.05, 3.63) is 85.1 Å². The van der Waals surface area contributed by atoms with E-state index in [1.54, 1.807) is 69.4 Å². The lowest BCUT2D eigenvalue weighted by Gasteiger charge is -2.46. The summed E-state index contributed by atoms with van der Waals surface area (Å²) in [6.45, 7) is 6.79. The molecule has 0 aromatic rings. The van der Waals surface area contributed by atoms with Crippen LogP contribution in [0.3, 0.4) is 0 Å². The molecule has 2 fully saturated rings. The maximum Gasteiger partial charge on any atom is 0.314 e. The first-order valence-corrected chi connectivity index (χ1v) is 23.1. The highest BCUT2D eigenvalue weighted by molar-refractivity contribution is 5.74. The number of esters is 1. The van der Waals surface area contributed by atoms with E-state index in [4.69, 9.17) is 24.7 Å². The van der Waals surface area contributed by atoms with E-state index in [1.165, 1.54) is 7.05 Å². The summed E-state index contributed by atoms with van der Waals surface area (Å²) < 4.78 is 23.6. The normalized spacial score (nSPS) is 44.4. The lowest BCUT2D eigenvalue weighted by molar-refractivity contribution is -0.303. The Balaban J connectivity index is 1.89. The van der Waals surface area contributed by atoms with E-state index >= 15 is 0 Å². The van der Waals surface area contributed by atoms with Crippen LogP contribution in [0, 0.1) is 11.8 Å². The number of aliphatic hydroxyl groups excluding tert-OH is 9. The van der Waals surface area contributed by atoms with E-state index in [9.17, 15) is 60.7 Å². The molecule has 3 aliphatic heterocycles. The lowest BCUT2D eigenvalue weighted by Crippen LogP contribution is -2.63. The molecule has 0 aliphatic carbocycles. The minimum Gasteiger partial charge on any atom is -0.462 e. The van der Waals surface area contributed by atoms with Gasteiger partial charge in [-0.3, -0.25) is 4.79 Å². The van der Waals surface area contributed by atoms with Gasteiger partial charge < -0.3 is 86.4 Å². The van der Waals surface area contributed by atoms with Gasteiger partial charge in [-0.1, -0.05) is 98.9 Å². The van der Waals surface area contributed by atoms with Crippen LogP contribution in [-0.4, -0.2) is 174 Å². The number of fused-ring (bicyclic) bond motifs is 2. The number of aliphatic hydroxyl groups is 10. The van der Waals surface area contributed by atoms with Crippen molar-refractivity contribution in [2.75, 3.05) is 7.05 Å². The molecule has 2 saturated heterocycles. The Bertz CT molecular complexity index is 1710. The predicted molar refractivity (Wildman–Crippen MR) is 247 cm³/mol. The fourth-order valence-electron chi connectivity index (χ4n) is 8.06. The third-order valence-corrected chi connectivity index (χ3v) is 12.3. The van der Waals surface area contributed by atoms with Gasteiger partial charge in [-0.15, -0.1) is 0 Å². The molecule has 2 amide bonds. The van der Waals surface area contributed by atoms with Crippen molar-refractivity contribution >= 4 is 12.0 Å². The Kier molecular flexibility index (Phi) is 24.8. The van der Waals surface area contributed by atoms with Crippen molar-refractivity contribution in [3.63, 3.8) is 0 Å². The van der Waals surface area contributed by atoms with Crippen molar-refractivity contribution in [2.45, 2.75) is 183 Å². The molecular formula is C48H77N3O16. The van der Waals surface area contributed by atoms with Crippen LogP contribution >= 0.6 is 0 Å². The summed E-state index contributed by atoms with van der Waals surface area (Å²) in [5.41, 5.74) is 6.07. The Labute approximate surface area is 393 Å². The number of urea groups is 1. The Hall–Kier alpha value is -3.64. The number of carbonyl (C=O) groups excluding carboxylic acids is 2. The highest BCUT2D eigenvalue weighted by Gasteiger charge is 2.49. The van der Waals surface area contributed by atoms with Crippen molar-refractivity contribution in [1.82, 2.24) is 10.6 Å². The maximum atomic E-state index is 12.6. The highest BCUT2D eigenvalue weighted by Crippen LogP contribution is 2.35. The Morgan fingerprint density at radius 2 is 1.27 bits per heavy atom. The Morgan fingerprint density at radius 3 is 1.87 bits per heavy atom. The van der Waals surface area contributed by atoms with E-state index < -0.39 is 147 Å². The summed E-state index contributed by atoms with van der Waals surface area (Å²) in [4.78, 5) is 25.2. The van der Waals surface area contributed by atoms with Gasteiger partial charge in [-0.25, -0.2) is 4.79 Å². The summed E-state index contributed by atoms with van der Waals surface area (Å²) in [6.07, 6.45) is 5.17. The van der Waals surface area contributed by atoms with Gasteiger partial charge in [0.05, 0.1) is 85.6 Å². The van der Waals surface area contributed by atoms with Crippen LogP contribution in [0.5, 0.6) is 0 Å². The van der Waals surface area contributed by atoms with Gasteiger partial charge in [0.1, 0.15) is 12.2 Å². The highest BCUT2D eigenvalue weighted by atomic mass is 16.7. The molecule has 3 aliphatic rings. The van der Waals surface area contributed by atoms with Crippen molar-refractivity contribution < 1.29 is 79.6 Å². The van der Waals surface area contributed by atoms with E-state index in [0.29, 0.717) is 0 Å².